The molecule has 0 spiro atoms. The number of pyridine rings is 1. The lowest BCUT2D eigenvalue weighted by molar-refractivity contribution is -0.163. The first-order valence-electron chi connectivity index (χ1n) is 14.5. The second kappa shape index (κ2) is 11.4. The van der Waals surface area contributed by atoms with E-state index in [2.05, 4.69) is 49.0 Å². The number of anilines is 1. The van der Waals surface area contributed by atoms with Gasteiger partial charge in [0.15, 0.2) is 6.29 Å². The molecule has 2 aliphatic rings. The molecule has 2 aromatic carbocycles. The molecule has 222 valence electrons. The molecule has 9 heteroatoms. The van der Waals surface area contributed by atoms with Crippen molar-refractivity contribution in [1.82, 2.24) is 10.3 Å². The van der Waals surface area contributed by atoms with Crippen LogP contribution in [-0.4, -0.2) is 56.6 Å². The molecule has 42 heavy (non-hydrogen) atoms. The van der Waals surface area contributed by atoms with Crippen LogP contribution in [0.1, 0.15) is 56.5 Å². The van der Waals surface area contributed by atoms with Gasteiger partial charge in [0.2, 0.25) is 5.56 Å². The van der Waals surface area contributed by atoms with Crippen molar-refractivity contribution in [2.45, 2.75) is 59.0 Å². The standard InChI is InChI=1S/C33H40N4O5/c1-32(2)30(33(3,4)31(32)42-25-13-9-22(19-34)27-24(25)12-14-26(38)35-27)36-28(39)20-7-10-23(11-8-20)37-17-15-21(16-18-37)29(40-5)41-6/h7-14,21,29-31H,15-18H2,1-6H3,(H,35,38)(H,36,39). The fourth-order valence-corrected chi connectivity index (χ4v) is 7.30. The second-order valence-electron chi connectivity index (χ2n) is 12.6. The minimum atomic E-state index is -0.381. The Hall–Kier alpha value is -3.87. The highest BCUT2D eigenvalue weighted by atomic mass is 16.7. The van der Waals surface area contributed by atoms with E-state index < -0.39 is 0 Å². The van der Waals surface area contributed by atoms with E-state index >= 15 is 0 Å². The van der Waals surface area contributed by atoms with Crippen molar-refractivity contribution in [2.75, 3.05) is 32.2 Å². The molecule has 1 aromatic heterocycles. The monoisotopic (exact) mass is 572 g/mol. The Morgan fingerprint density at radius 1 is 1.00 bits per heavy atom. The number of nitriles is 1. The van der Waals surface area contributed by atoms with E-state index in [-0.39, 0.29) is 40.7 Å². The van der Waals surface area contributed by atoms with Gasteiger partial charge in [-0.15, -0.1) is 0 Å². The highest BCUT2D eigenvalue weighted by Crippen LogP contribution is 2.56. The number of H-pyrrole nitrogens is 1. The molecule has 1 aliphatic heterocycles. The first-order chi connectivity index (χ1) is 20.0. The summed E-state index contributed by atoms with van der Waals surface area (Å²) in [5, 5.41) is 13.4. The highest BCUT2D eigenvalue weighted by Gasteiger charge is 2.64. The fourth-order valence-electron chi connectivity index (χ4n) is 7.30. The number of methoxy groups -OCH3 is 2. The summed E-state index contributed by atoms with van der Waals surface area (Å²) in [7, 11) is 3.37. The molecule has 2 N–H and O–H groups in total. The molecule has 9 nitrogen and oxygen atoms in total. The number of hydrogen-bond donors (Lipinski definition) is 2. The van der Waals surface area contributed by atoms with Crippen LogP contribution >= 0.6 is 0 Å². The first kappa shape index (κ1) is 29.6. The lowest BCUT2D eigenvalue weighted by Crippen LogP contribution is -2.74. The van der Waals surface area contributed by atoms with Crippen LogP contribution in [0.4, 0.5) is 5.69 Å². The number of benzene rings is 2. The van der Waals surface area contributed by atoms with Gasteiger partial charge >= 0.3 is 0 Å². The normalized spacial score (nSPS) is 21.5. The van der Waals surface area contributed by atoms with Gasteiger partial charge in [-0.1, -0.05) is 27.7 Å². The third-order valence-electron chi connectivity index (χ3n) is 9.22. The quantitative estimate of drug-likeness (QED) is 0.371. The Morgan fingerprint density at radius 2 is 1.64 bits per heavy atom. The Bertz CT molecular complexity index is 1530. The summed E-state index contributed by atoms with van der Waals surface area (Å²) in [4.78, 5) is 30.4. The highest BCUT2D eigenvalue weighted by molar-refractivity contribution is 5.95. The van der Waals surface area contributed by atoms with Crippen LogP contribution in [0.15, 0.2) is 53.3 Å². The van der Waals surface area contributed by atoms with Crippen LogP contribution in [0.25, 0.3) is 10.9 Å². The summed E-state index contributed by atoms with van der Waals surface area (Å²) in [6.07, 6.45) is 1.58. The van der Waals surface area contributed by atoms with Gasteiger partial charge < -0.3 is 29.4 Å². The van der Waals surface area contributed by atoms with Crippen LogP contribution in [0.5, 0.6) is 5.75 Å². The third-order valence-corrected chi connectivity index (χ3v) is 9.22. The van der Waals surface area contributed by atoms with Crippen molar-refractivity contribution in [3.05, 3.63) is 70.0 Å². The summed E-state index contributed by atoms with van der Waals surface area (Å²) in [6.45, 7) is 10.2. The van der Waals surface area contributed by atoms with Crippen LogP contribution < -0.4 is 20.5 Å². The molecule has 5 rings (SSSR count). The number of carbonyl (C=O) groups excluding carboxylic acids is 1. The molecule has 0 bridgehead atoms. The maximum absolute atomic E-state index is 13.4. The van der Waals surface area contributed by atoms with E-state index in [1.807, 2.05) is 24.3 Å². The summed E-state index contributed by atoms with van der Waals surface area (Å²) >= 11 is 0. The molecule has 2 fully saturated rings. The van der Waals surface area contributed by atoms with Crippen LogP contribution in [0.2, 0.25) is 0 Å². The molecule has 0 radical (unpaired) electrons. The van der Waals surface area contributed by atoms with Gasteiger partial charge in [-0.05, 0) is 55.3 Å². The van der Waals surface area contributed by atoms with Crippen molar-refractivity contribution < 1.29 is 19.0 Å². The molecule has 1 saturated carbocycles. The predicted octanol–water partition coefficient (Wildman–Crippen LogP) is 4.85. The zero-order valence-electron chi connectivity index (χ0n) is 25.2. The average molecular weight is 573 g/mol. The van der Waals surface area contributed by atoms with E-state index in [0.717, 1.165) is 31.6 Å². The Morgan fingerprint density at radius 3 is 2.24 bits per heavy atom. The smallest absolute Gasteiger partial charge is 0.251 e. The largest absolute Gasteiger partial charge is 0.488 e. The van der Waals surface area contributed by atoms with Crippen LogP contribution in [-0.2, 0) is 9.47 Å². The summed E-state index contributed by atoms with van der Waals surface area (Å²) in [6, 6.07) is 16.4. The number of aromatic nitrogens is 1. The topological polar surface area (TPSA) is 117 Å². The van der Waals surface area contributed by atoms with Gasteiger partial charge in [0.25, 0.3) is 5.91 Å². The number of carbonyl (C=O) groups is 1. The average Bonchev–Trinajstić information content (AvgIpc) is 2.99. The molecule has 1 amide bonds. The second-order valence-corrected chi connectivity index (χ2v) is 12.6. The van der Waals surface area contributed by atoms with E-state index in [0.29, 0.717) is 33.7 Å². The molecule has 0 atom stereocenters. The first-order valence-corrected chi connectivity index (χ1v) is 14.5. The number of aromatic amines is 1. The van der Waals surface area contributed by atoms with Crippen molar-refractivity contribution in [3.63, 3.8) is 0 Å². The van der Waals surface area contributed by atoms with E-state index in [1.165, 1.54) is 6.07 Å². The van der Waals surface area contributed by atoms with Crippen molar-refractivity contribution >= 4 is 22.5 Å². The lowest BCUT2D eigenvalue weighted by atomic mass is 9.49. The van der Waals surface area contributed by atoms with Gasteiger partial charge in [-0.2, -0.15) is 5.26 Å². The predicted molar refractivity (Wildman–Crippen MR) is 162 cm³/mol. The Balaban J connectivity index is 1.25. The number of ether oxygens (including phenoxy) is 3. The summed E-state index contributed by atoms with van der Waals surface area (Å²) in [5.41, 5.74) is 1.53. The van der Waals surface area contributed by atoms with Gasteiger partial charge in [0, 0.05) is 72.8 Å². The number of rotatable bonds is 8. The summed E-state index contributed by atoms with van der Waals surface area (Å²) in [5.74, 6) is 0.855. The lowest BCUT2D eigenvalue weighted by Gasteiger charge is -2.63. The molecule has 2 heterocycles. The Labute approximate surface area is 246 Å². The fraction of sp³-hybridized carbons (Fsp3) is 0.485. The van der Waals surface area contributed by atoms with Gasteiger partial charge in [-0.3, -0.25) is 9.59 Å². The number of piperidine rings is 1. The molecule has 1 saturated heterocycles. The van der Waals surface area contributed by atoms with Gasteiger partial charge in [0.05, 0.1) is 11.1 Å². The van der Waals surface area contributed by atoms with Crippen molar-refractivity contribution in [3.8, 4) is 11.8 Å². The zero-order chi connectivity index (χ0) is 30.2. The zero-order valence-corrected chi connectivity index (χ0v) is 25.2. The van der Waals surface area contributed by atoms with E-state index in [9.17, 15) is 14.9 Å². The maximum atomic E-state index is 13.4. The number of nitrogens with one attached hydrogen (secondary N) is 2. The van der Waals surface area contributed by atoms with Gasteiger partial charge in [0.1, 0.15) is 17.9 Å². The molecule has 1 aliphatic carbocycles. The molecular weight excluding hydrogens is 532 g/mol. The van der Waals surface area contributed by atoms with E-state index in [1.54, 1.807) is 32.4 Å². The maximum Gasteiger partial charge on any atom is 0.251 e. The number of fused-ring (bicyclic) bond motifs is 1. The van der Waals surface area contributed by atoms with Crippen LogP contribution in [0, 0.1) is 28.1 Å². The minimum absolute atomic E-state index is 0.116. The number of amides is 1. The molecule has 3 aromatic rings. The van der Waals surface area contributed by atoms with E-state index in [4.69, 9.17) is 14.2 Å². The third kappa shape index (κ3) is 5.25. The SMILES string of the molecule is COC(OC)C1CCN(c2ccc(C(=O)NC3C(C)(C)C(Oc4ccc(C#N)c5[nH]c(=O)ccc45)C3(C)C)cc2)CC1. The minimum Gasteiger partial charge on any atom is -0.488 e. The van der Waals surface area contributed by atoms with Crippen molar-refractivity contribution in [1.29, 1.82) is 5.26 Å². The van der Waals surface area contributed by atoms with Crippen molar-refractivity contribution in [2.24, 2.45) is 16.7 Å². The molecule has 0 unspecified atom stereocenters. The molecular formula is C33H40N4O5. The van der Waals surface area contributed by atoms with Gasteiger partial charge in [-0.25, -0.2) is 0 Å². The summed E-state index contributed by atoms with van der Waals surface area (Å²) < 4.78 is 17.5. The van der Waals surface area contributed by atoms with Crippen LogP contribution in [0.3, 0.4) is 0 Å². The number of nitrogens with zero attached hydrogens (tertiary/aromatic N) is 2. The number of hydrogen-bond acceptors (Lipinski definition) is 7. The Kier molecular flexibility index (Phi) is 8.06.